The largest absolute Gasteiger partial charge is 0.313 e. The van der Waals surface area contributed by atoms with Gasteiger partial charge in [0.25, 0.3) is 5.69 Å². The Kier molecular flexibility index (Phi) is 3.68. The zero-order chi connectivity index (χ0) is 18.5. The lowest BCUT2D eigenvalue weighted by atomic mass is 9.71. The van der Waals surface area contributed by atoms with Crippen LogP contribution >= 0.6 is 0 Å². The minimum Gasteiger partial charge on any atom is -0.313 e. The Morgan fingerprint density at radius 3 is 2.58 bits per heavy atom. The fraction of sp³-hybridized carbons (Fsp3) is 0.286. The lowest BCUT2D eigenvalue weighted by Crippen LogP contribution is -2.27. The highest BCUT2D eigenvalue weighted by atomic mass is 16.6. The van der Waals surface area contributed by atoms with Crippen molar-refractivity contribution in [3.8, 4) is 5.69 Å². The highest BCUT2D eigenvalue weighted by Crippen LogP contribution is 2.46. The van der Waals surface area contributed by atoms with E-state index in [1.165, 1.54) is 6.07 Å². The lowest BCUT2D eigenvalue weighted by molar-refractivity contribution is -0.384. The van der Waals surface area contributed by atoms with Gasteiger partial charge in [-0.3, -0.25) is 10.1 Å². The van der Waals surface area contributed by atoms with Gasteiger partial charge in [-0.15, -0.1) is 0 Å². The van der Waals surface area contributed by atoms with Gasteiger partial charge in [-0.25, -0.2) is 0 Å². The number of carbonyl (C=O) groups excluding carboxylic acids is 1. The summed E-state index contributed by atoms with van der Waals surface area (Å²) in [7, 11) is 0. The summed E-state index contributed by atoms with van der Waals surface area (Å²) in [6.45, 7) is 4.34. The predicted molar refractivity (Wildman–Crippen MR) is 101 cm³/mol. The monoisotopic (exact) mass is 348 g/mol. The summed E-state index contributed by atoms with van der Waals surface area (Å²) in [5.41, 5.74) is 3.91. The Morgan fingerprint density at radius 1 is 1.19 bits per heavy atom. The summed E-state index contributed by atoms with van der Waals surface area (Å²) < 4.78 is 2.09. The molecule has 1 heterocycles. The number of aromatic nitrogens is 1. The maximum absolute atomic E-state index is 11.9. The normalized spacial score (nSPS) is 18.5. The van der Waals surface area contributed by atoms with Crippen molar-refractivity contribution in [2.45, 2.75) is 32.6 Å². The number of hydrogen-bond donors (Lipinski definition) is 0. The van der Waals surface area contributed by atoms with Crippen LogP contribution in [0.25, 0.3) is 16.6 Å². The molecule has 0 saturated heterocycles. The average Bonchev–Trinajstić information content (AvgIpc) is 2.93. The van der Waals surface area contributed by atoms with Crippen molar-refractivity contribution < 1.29 is 9.72 Å². The summed E-state index contributed by atoms with van der Waals surface area (Å²) in [6, 6.07) is 14.8. The molecule has 5 nitrogen and oxygen atoms in total. The molecule has 0 radical (unpaired) electrons. The van der Waals surface area contributed by atoms with Gasteiger partial charge < -0.3 is 9.36 Å². The van der Waals surface area contributed by atoms with E-state index < -0.39 is 0 Å². The van der Waals surface area contributed by atoms with Crippen molar-refractivity contribution >= 4 is 22.9 Å². The molecule has 1 aliphatic carbocycles. The first-order valence-corrected chi connectivity index (χ1v) is 8.73. The fourth-order valence-corrected chi connectivity index (χ4v) is 4.27. The van der Waals surface area contributed by atoms with Crippen LogP contribution in [0.4, 0.5) is 5.69 Å². The maximum Gasteiger partial charge on any atom is 0.271 e. The molecule has 0 aliphatic heterocycles. The van der Waals surface area contributed by atoms with E-state index in [1.54, 1.807) is 12.1 Å². The van der Waals surface area contributed by atoms with E-state index in [1.807, 2.05) is 30.3 Å². The number of nitro groups is 1. The van der Waals surface area contributed by atoms with Gasteiger partial charge in [0.1, 0.15) is 6.29 Å². The molecule has 3 aromatic rings. The summed E-state index contributed by atoms with van der Waals surface area (Å²) in [4.78, 5) is 22.8. The van der Waals surface area contributed by atoms with E-state index in [9.17, 15) is 14.9 Å². The molecule has 1 aromatic heterocycles. The summed E-state index contributed by atoms with van der Waals surface area (Å²) in [5, 5.41) is 12.2. The van der Waals surface area contributed by atoms with E-state index in [0.29, 0.717) is 0 Å². The molecule has 2 aromatic carbocycles. The van der Waals surface area contributed by atoms with Crippen molar-refractivity contribution in [2.75, 3.05) is 0 Å². The van der Waals surface area contributed by atoms with Gasteiger partial charge in [0.2, 0.25) is 0 Å². The SMILES string of the molecule is CC1(C)Cc2c(c3ccc([N+](=O)[O-])cc3n2-c2ccccc2)C(C=O)C1. The van der Waals surface area contributed by atoms with Gasteiger partial charge >= 0.3 is 0 Å². The number of hydrogen-bond acceptors (Lipinski definition) is 3. The Morgan fingerprint density at radius 2 is 1.92 bits per heavy atom. The number of nitro benzene ring substituents is 1. The van der Waals surface area contributed by atoms with Crippen molar-refractivity contribution in [2.24, 2.45) is 5.41 Å². The Bertz CT molecular complexity index is 1020. The highest BCUT2D eigenvalue weighted by molar-refractivity contribution is 5.92. The molecule has 0 spiro atoms. The number of benzene rings is 2. The Hall–Kier alpha value is -2.95. The first kappa shape index (κ1) is 16.5. The molecule has 1 aliphatic rings. The van der Waals surface area contributed by atoms with Gasteiger partial charge in [-0.1, -0.05) is 32.0 Å². The first-order chi connectivity index (χ1) is 12.4. The predicted octanol–water partition coefficient (Wildman–Crippen LogP) is 4.79. The van der Waals surface area contributed by atoms with E-state index >= 15 is 0 Å². The molecule has 0 fully saturated rings. The van der Waals surface area contributed by atoms with Crippen molar-refractivity contribution in [3.05, 3.63) is 69.9 Å². The van der Waals surface area contributed by atoms with Gasteiger partial charge in [0.15, 0.2) is 0 Å². The second-order valence-corrected chi connectivity index (χ2v) is 7.78. The van der Waals surface area contributed by atoms with E-state index in [0.717, 1.165) is 47.0 Å². The van der Waals surface area contributed by atoms with Gasteiger partial charge in [0, 0.05) is 34.8 Å². The van der Waals surface area contributed by atoms with E-state index in [-0.39, 0.29) is 21.9 Å². The molecule has 1 atom stereocenters. The third-order valence-corrected chi connectivity index (χ3v) is 5.27. The van der Waals surface area contributed by atoms with Crippen LogP contribution in [0.2, 0.25) is 0 Å². The maximum atomic E-state index is 11.9. The Labute approximate surface area is 151 Å². The summed E-state index contributed by atoms with van der Waals surface area (Å²) >= 11 is 0. The molecular formula is C21H20N2O3. The topological polar surface area (TPSA) is 65.1 Å². The number of nitrogens with zero attached hydrogens (tertiary/aromatic N) is 2. The molecular weight excluding hydrogens is 328 g/mol. The number of carbonyl (C=O) groups is 1. The highest BCUT2D eigenvalue weighted by Gasteiger charge is 2.37. The number of aldehydes is 1. The van der Waals surface area contributed by atoms with Crippen LogP contribution in [0, 0.1) is 15.5 Å². The number of non-ortho nitro benzene ring substituents is 1. The molecule has 26 heavy (non-hydrogen) atoms. The van der Waals surface area contributed by atoms with Crippen molar-refractivity contribution in [1.82, 2.24) is 4.57 Å². The van der Waals surface area contributed by atoms with Crippen LogP contribution < -0.4 is 0 Å². The average molecular weight is 348 g/mol. The second-order valence-electron chi connectivity index (χ2n) is 7.78. The molecule has 1 unspecified atom stereocenters. The number of fused-ring (bicyclic) bond motifs is 3. The molecule has 0 bridgehead atoms. The molecule has 0 saturated carbocycles. The van der Waals surface area contributed by atoms with Gasteiger partial charge in [-0.05, 0) is 42.0 Å². The summed E-state index contributed by atoms with van der Waals surface area (Å²) in [5.74, 6) is -0.192. The minimum absolute atomic E-state index is 0.00852. The van der Waals surface area contributed by atoms with Crippen LogP contribution in [-0.2, 0) is 11.2 Å². The summed E-state index contributed by atoms with van der Waals surface area (Å²) in [6.07, 6.45) is 2.63. The van der Waals surface area contributed by atoms with Crippen molar-refractivity contribution in [3.63, 3.8) is 0 Å². The van der Waals surface area contributed by atoms with Crippen molar-refractivity contribution in [1.29, 1.82) is 0 Å². The third-order valence-electron chi connectivity index (χ3n) is 5.27. The first-order valence-electron chi connectivity index (χ1n) is 8.73. The Balaban J connectivity index is 2.11. The zero-order valence-corrected chi connectivity index (χ0v) is 14.8. The van der Waals surface area contributed by atoms with E-state index in [2.05, 4.69) is 18.4 Å². The quantitative estimate of drug-likeness (QED) is 0.388. The molecule has 0 amide bonds. The smallest absolute Gasteiger partial charge is 0.271 e. The van der Waals surface area contributed by atoms with Crippen LogP contribution in [0.15, 0.2) is 48.5 Å². The molecule has 4 rings (SSSR count). The van der Waals surface area contributed by atoms with Crippen LogP contribution in [0.1, 0.15) is 37.4 Å². The molecule has 132 valence electrons. The zero-order valence-electron chi connectivity index (χ0n) is 14.8. The molecule has 0 N–H and O–H groups in total. The van der Waals surface area contributed by atoms with Crippen LogP contribution in [-0.4, -0.2) is 15.8 Å². The number of rotatable bonds is 3. The number of para-hydroxylation sites is 1. The second kappa shape index (κ2) is 5.80. The van der Waals surface area contributed by atoms with Gasteiger partial charge in [-0.2, -0.15) is 0 Å². The lowest BCUT2D eigenvalue weighted by Gasteiger charge is -2.34. The third kappa shape index (κ3) is 2.51. The van der Waals surface area contributed by atoms with Gasteiger partial charge in [0.05, 0.1) is 10.4 Å². The van der Waals surface area contributed by atoms with E-state index in [4.69, 9.17) is 0 Å². The standard InChI is InChI=1S/C21H20N2O3/c1-21(2)11-14(13-24)20-17-9-8-16(23(25)26)10-18(17)22(19(20)12-21)15-6-4-3-5-7-15/h3-10,13-14H,11-12H2,1-2H3. The molecule has 5 heteroatoms. The minimum atomic E-state index is -0.373. The van der Waals surface area contributed by atoms with Crippen LogP contribution in [0.5, 0.6) is 0 Å². The fourth-order valence-electron chi connectivity index (χ4n) is 4.27. The van der Waals surface area contributed by atoms with Crippen LogP contribution in [0.3, 0.4) is 0 Å².